The molecule has 2 aromatic carbocycles. The van der Waals surface area contributed by atoms with Crippen molar-refractivity contribution in [3.8, 4) is 0 Å². The van der Waals surface area contributed by atoms with Crippen molar-refractivity contribution in [1.29, 1.82) is 0 Å². The average molecular weight is 607 g/mol. The molecule has 238 valence electrons. The van der Waals surface area contributed by atoms with E-state index in [0.717, 1.165) is 16.5 Å². The van der Waals surface area contributed by atoms with Crippen molar-refractivity contribution >= 4 is 40.4 Å². The Kier molecular flexibility index (Phi) is 10.5. The van der Waals surface area contributed by atoms with Gasteiger partial charge in [-0.3, -0.25) is 24.3 Å². The minimum Gasteiger partial charge on any atom is -0.444 e. The summed E-state index contributed by atoms with van der Waals surface area (Å²) in [6.45, 7) is 9.96. The molecule has 11 nitrogen and oxygen atoms in total. The van der Waals surface area contributed by atoms with Gasteiger partial charge in [0.25, 0.3) is 11.8 Å². The fourth-order valence-corrected chi connectivity index (χ4v) is 4.86. The van der Waals surface area contributed by atoms with Crippen LogP contribution in [0.1, 0.15) is 47.1 Å². The Morgan fingerprint density at radius 2 is 1.45 bits per heavy atom. The topological polar surface area (TPSA) is 118 Å². The number of aromatic nitrogens is 1. The van der Waals surface area contributed by atoms with Gasteiger partial charge in [-0.25, -0.2) is 9.80 Å². The quantitative estimate of drug-likeness (QED) is 0.334. The highest BCUT2D eigenvalue weighted by atomic mass is 16.6. The van der Waals surface area contributed by atoms with Gasteiger partial charge in [0.05, 0.1) is 5.69 Å². The largest absolute Gasteiger partial charge is 0.444 e. The third kappa shape index (κ3) is 7.96. The molecular formula is C33H46N6O5. The number of para-hydroxylation sites is 1. The van der Waals surface area contributed by atoms with Gasteiger partial charge < -0.3 is 19.9 Å². The van der Waals surface area contributed by atoms with E-state index >= 15 is 0 Å². The number of likely N-dealkylation sites (N-methyl/N-ethyl adjacent to an activating group) is 2. The standard InChI is InChI=1S/C33H46N6O5/c1-22(28(40)37(9)26(29(41)38(10)36(7)8)20-23-16-12-11-13-17-23)39(27-21-34-25-19-15-14-18-24(25)27)30(42)33(5,6)35-31(43)44-32(2,3)4/h11-19,21-22,26,34H,20H2,1-10H3,(H,35,43)/t22?,26-/m1/s1. The van der Waals surface area contributed by atoms with Crippen LogP contribution in [0, 0.1) is 0 Å². The van der Waals surface area contributed by atoms with E-state index in [9.17, 15) is 19.2 Å². The van der Waals surface area contributed by atoms with E-state index in [1.807, 2.05) is 54.6 Å². The van der Waals surface area contributed by atoms with E-state index in [1.165, 1.54) is 14.8 Å². The molecule has 0 saturated carbocycles. The summed E-state index contributed by atoms with van der Waals surface area (Å²) in [5, 5.41) is 6.50. The van der Waals surface area contributed by atoms with Crippen molar-refractivity contribution in [1.82, 2.24) is 25.2 Å². The van der Waals surface area contributed by atoms with Gasteiger partial charge in [-0.1, -0.05) is 48.5 Å². The molecule has 11 heteroatoms. The maximum atomic E-state index is 14.4. The second kappa shape index (κ2) is 13.5. The Morgan fingerprint density at radius 1 is 0.864 bits per heavy atom. The van der Waals surface area contributed by atoms with E-state index in [2.05, 4.69) is 10.3 Å². The molecule has 3 rings (SSSR count). The lowest BCUT2D eigenvalue weighted by molar-refractivity contribution is -0.152. The zero-order valence-corrected chi connectivity index (χ0v) is 27.5. The maximum Gasteiger partial charge on any atom is 0.408 e. The first-order chi connectivity index (χ1) is 20.4. The Balaban J connectivity index is 2.05. The molecule has 2 N–H and O–H groups in total. The van der Waals surface area contributed by atoms with Crippen molar-refractivity contribution in [3.05, 3.63) is 66.4 Å². The number of nitrogens with zero attached hydrogens (tertiary/aromatic N) is 4. The van der Waals surface area contributed by atoms with Gasteiger partial charge >= 0.3 is 6.09 Å². The van der Waals surface area contributed by atoms with Crippen LogP contribution in [0.25, 0.3) is 10.9 Å². The molecule has 0 radical (unpaired) electrons. The van der Waals surface area contributed by atoms with Crippen molar-refractivity contribution in [2.24, 2.45) is 0 Å². The second-order valence-electron chi connectivity index (χ2n) is 12.7. The number of carbonyl (C=O) groups excluding carboxylic acids is 4. The summed E-state index contributed by atoms with van der Waals surface area (Å²) < 4.78 is 5.42. The van der Waals surface area contributed by atoms with Crippen LogP contribution in [0.2, 0.25) is 0 Å². The fourth-order valence-electron chi connectivity index (χ4n) is 4.86. The SMILES string of the molecule is CC(C(=O)N(C)[C@H](Cc1ccccc1)C(=O)N(C)N(C)C)N(C(=O)C(C)(C)NC(=O)OC(C)(C)C)c1c[nH]c2ccccc12. The number of fused-ring (bicyclic) bond motifs is 1. The number of hydrogen-bond donors (Lipinski definition) is 2. The average Bonchev–Trinajstić information content (AvgIpc) is 3.37. The van der Waals surface area contributed by atoms with Crippen LogP contribution in [0.3, 0.4) is 0 Å². The molecule has 3 aromatic rings. The number of H-pyrrole nitrogens is 1. The van der Waals surface area contributed by atoms with Gasteiger partial charge in [0, 0.05) is 51.7 Å². The summed E-state index contributed by atoms with van der Waals surface area (Å²) in [7, 11) is 6.72. The third-order valence-corrected chi connectivity index (χ3v) is 7.43. The zero-order valence-electron chi connectivity index (χ0n) is 27.5. The number of benzene rings is 2. The molecule has 0 aliphatic carbocycles. The Labute approximate surface area is 260 Å². The molecule has 1 unspecified atom stereocenters. The molecule has 4 amide bonds. The highest BCUT2D eigenvalue weighted by molar-refractivity contribution is 6.11. The first kappa shape index (κ1) is 34.1. The summed E-state index contributed by atoms with van der Waals surface area (Å²) in [6.07, 6.45) is 1.19. The molecule has 44 heavy (non-hydrogen) atoms. The summed E-state index contributed by atoms with van der Waals surface area (Å²) in [4.78, 5) is 61.1. The van der Waals surface area contributed by atoms with Crippen LogP contribution >= 0.6 is 0 Å². The Morgan fingerprint density at radius 3 is 2.05 bits per heavy atom. The Hall–Kier alpha value is -4.38. The molecule has 0 fully saturated rings. The van der Waals surface area contributed by atoms with Gasteiger partial charge in [-0.2, -0.15) is 0 Å². The lowest BCUT2D eigenvalue weighted by atomic mass is 10.00. The van der Waals surface area contributed by atoms with Gasteiger partial charge in [0.2, 0.25) is 5.91 Å². The number of rotatable bonds is 10. The fraction of sp³-hybridized carbons (Fsp3) is 0.455. The van der Waals surface area contributed by atoms with Crippen LogP contribution in [0.15, 0.2) is 60.8 Å². The molecule has 0 spiro atoms. The highest BCUT2D eigenvalue weighted by Crippen LogP contribution is 2.31. The predicted octanol–water partition coefficient (Wildman–Crippen LogP) is 4.20. The van der Waals surface area contributed by atoms with E-state index in [0.29, 0.717) is 5.69 Å². The van der Waals surface area contributed by atoms with Gasteiger partial charge in [-0.05, 0) is 53.2 Å². The number of alkyl carbamates (subject to hydrolysis) is 1. The minimum atomic E-state index is -1.46. The molecule has 0 saturated heterocycles. The summed E-state index contributed by atoms with van der Waals surface area (Å²) in [5.41, 5.74) is -0.104. The number of aromatic amines is 1. The maximum absolute atomic E-state index is 14.4. The number of anilines is 1. The van der Waals surface area contributed by atoms with Crippen LogP contribution in [-0.4, -0.2) is 95.1 Å². The first-order valence-electron chi connectivity index (χ1n) is 14.6. The molecule has 2 atom stereocenters. The molecule has 1 heterocycles. The Bertz CT molecular complexity index is 1480. The van der Waals surface area contributed by atoms with Crippen molar-refractivity contribution in [2.75, 3.05) is 33.1 Å². The minimum absolute atomic E-state index is 0.277. The number of nitrogens with one attached hydrogen (secondary N) is 2. The first-order valence-corrected chi connectivity index (χ1v) is 14.6. The predicted molar refractivity (Wildman–Crippen MR) is 172 cm³/mol. The zero-order chi connectivity index (χ0) is 33.0. The molecule has 1 aromatic heterocycles. The van der Waals surface area contributed by atoms with Crippen LogP contribution in [-0.2, 0) is 25.5 Å². The number of carbonyl (C=O) groups is 4. The monoisotopic (exact) mass is 606 g/mol. The lowest BCUT2D eigenvalue weighted by Crippen LogP contribution is -2.62. The molecule has 0 bridgehead atoms. The van der Waals surface area contributed by atoms with Crippen LogP contribution in [0.5, 0.6) is 0 Å². The molecule has 0 aliphatic rings. The number of amides is 4. The number of hydrazine groups is 1. The summed E-state index contributed by atoms with van der Waals surface area (Å²) in [6, 6.07) is 15.0. The number of ether oxygens (including phenoxy) is 1. The highest BCUT2D eigenvalue weighted by Gasteiger charge is 2.42. The summed E-state index contributed by atoms with van der Waals surface area (Å²) in [5.74, 6) is -1.25. The van der Waals surface area contributed by atoms with Crippen molar-refractivity contribution < 1.29 is 23.9 Å². The van der Waals surface area contributed by atoms with E-state index in [4.69, 9.17) is 4.74 Å². The van der Waals surface area contributed by atoms with Crippen molar-refractivity contribution in [3.63, 3.8) is 0 Å². The molecule has 0 aliphatic heterocycles. The van der Waals surface area contributed by atoms with Crippen LogP contribution < -0.4 is 10.2 Å². The van der Waals surface area contributed by atoms with E-state index in [1.54, 1.807) is 80.9 Å². The molecular weight excluding hydrogens is 560 g/mol. The van der Waals surface area contributed by atoms with Gasteiger partial charge in [0.1, 0.15) is 23.2 Å². The van der Waals surface area contributed by atoms with Gasteiger partial charge in [-0.15, -0.1) is 0 Å². The summed E-state index contributed by atoms with van der Waals surface area (Å²) >= 11 is 0. The lowest BCUT2D eigenvalue weighted by Gasteiger charge is -2.39. The second-order valence-corrected chi connectivity index (χ2v) is 12.7. The van der Waals surface area contributed by atoms with Gasteiger partial charge in [0.15, 0.2) is 0 Å². The van der Waals surface area contributed by atoms with E-state index < -0.39 is 41.1 Å². The van der Waals surface area contributed by atoms with Crippen LogP contribution in [0.4, 0.5) is 10.5 Å². The van der Waals surface area contributed by atoms with Crippen molar-refractivity contribution in [2.45, 2.75) is 71.2 Å². The normalized spacial score (nSPS) is 13.2. The van der Waals surface area contributed by atoms with E-state index in [-0.39, 0.29) is 12.3 Å². The number of hydrogen-bond acceptors (Lipinski definition) is 6. The third-order valence-electron chi connectivity index (χ3n) is 7.43. The smallest absolute Gasteiger partial charge is 0.408 e.